The molecule has 1 aromatic rings. The minimum Gasteiger partial charge on any atom is -0.491 e. The first-order chi connectivity index (χ1) is 14.3. The molecular weight excluding hydrogens is 376 g/mol. The van der Waals surface area contributed by atoms with Crippen LogP contribution >= 0.6 is 0 Å². The molecule has 5 nitrogen and oxygen atoms in total. The normalized spacial score (nSPS) is 22.8. The third kappa shape index (κ3) is 4.36. The van der Waals surface area contributed by atoms with Crippen LogP contribution in [0.1, 0.15) is 70.9 Å². The number of carbonyl (C=O) groups is 1. The molecule has 1 aliphatic carbocycles. The van der Waals surface area contributed by atoms with Crippen LogP contribution < -0.4 is 10.1 Å². The van der Waals surface area contributed by atoms with Gasteiger partial charge in [0.05, 0.1) is 12.7 Å². The maximum Gasteiger partial charge on any atom is 0.258 e. The van der Waals surface area contributed by atoms with Crippen LogP contribution in [0.5, 0.6) is 5.75 Å². The van der Waals surface area contributed by atoms with Crippen LogP contribution in [0.25, 0.3) is 0 Å². The lowest BCUT2D eigenvalue weighted by Gasteiger charge is -2.39. The Kier molecular flexibility index (Phi) is 7.12. The number of amides is 1. The SMILES string of the molecule is C=C1NC(c2cc(OCCOC(C)C)ccc2C)(C2CCCCC2)C(=O)N1C(C)C. The molecule has 0 bridgehead atoms. The Bertz CT molecular complexity index is 768. The molecular formula is C25H38N2O3. The van der Waals surface area contributed by atoms with Gasteiger partial charge in [-0.05, 0) is 76.6 Å². The third-order valence-electron chi connectivity index (χ3n) is 6.36. The number of hydrogen-bond donors (Lipinski definition) is 1. The first-order valence-electron chi connectivity index (χ1n) is 11.4. The predicted octanol–water partition coefficient (Wildman–Crippen LogP) is 4.89. The molecule has 1 aromatic carbocycles. The van der Waals surface area contributed by atoms with Gasteiger partial charge in [-0.25, -0.2) is 0 Å². The van der Waals surface area contributed by atoms with Gasteiger partial charge in [-0.3, -0.25) is 9.69 Å². The highest BCUT2D eigenvalue weighted by molar-refractivity contribution is 5.93. The van der Waals surface area contributed by atoms with Gasteiger partial charge in [0.25, 0.3) is 5.91 Å². The Morgan fingerprint density at radius 2 is 1.87 bits per heavy atom. The average Bonchev–Trinajstić information content (AvgIpc) is 2.98. The van der Waals surface area contributed by atoms with Gasteiger partial charge in [0.2, 0.25) is 0 Å². The van der Waals surface area contributed by atoms with Gasteiger partial charge < -0.3 is 14.8 Å². The highest BCUT2D eigenvalue weighted by atomic mass is 16.5. The second-order valence-corrected chi connectivity index (χ2v) is 9.23. The van der Waals surface area contributed by atoms with E-state index in [-0.39, 0.29) is 24.0 Å². The van der Waals surface area contributed by atoms with Crippen molar-refractivity contribution in [1.29, 1.82) is 0 Å². The summed E-state index contributed by atoms with van der Waals surface area (Å²) in [7, 11) is 0. The molecule has 166 valence electrons. The van der Waals surface area contributed by atoms with E-state index in [0.717, 1.165) is 42.6 Å². The standard InChI is InChI=1S/C25H38N2O3/c1-17(2)27-20(6)26-25(24(27)28,21-10-8-7-9-11-21)23-16-22(13-12-19(23)5)30-15-14-29-18(3)4/h12-13,16-18,21,26H,6-11,14-15H2,1-5H3. The van der Waals surface area contributed by atoms with E-state index in [1.807, 2.05) is 38.7 Å². The molecule has 1 saturated carbocycles. The highest BCUT2D eigenvalue weighted by Gasteiger charge is 2.55. The van der Waals surface area contributed by atoms with Crippen molar-refractivity contribution in [3.8, 4) is 5.75 Å². The van der Waals surface area contributed by atoms with E-state index in [9.17, 15) is 4.79 Å². The fourth-order valence-corrected chi connectivity index (χ4v) is 4.97. The smallest absolute Gasteiger partial charge is 0.258 e. The molecule has 1 N–H and O–H groups in total. The fraction of sp³-hybridized carbons (Fsp3) is 0.640. The second-order valence-electron chi connectivity index (χ2n) is 9.23. The molecule has 1 heterocycles. The first-order valence-corrected chi connectivity index (χ1v) is 11.4. The molecule has 3 rings (SSSR count). The van der Waals surface area contributed by atoms with Crippen LogP contribution in [0.3, 0.4) is 0 Å². The van der Waals surface area contributed by atoms with Crippen LogP contribution in [-0.4, -0.2) is 36.2 Å². The van der Waals surface area contributed by atoms with E-state index in [1.165, 1.54) is 6.42 Å². The summed E-state index contributed by atoms with van der Waals surface area (Å²) in [5, 5.41) is 3.59. The number of nitrogens with one attached hydrogen (secondary N) is 1. The summed E-state index contributed by atoms with van der Waals surface area (Å²) in [5.74, 6) is 1.85. The lowest BCUT2D eigenvalue weighted by molar-refractivity contribution is -0.135. The van der Waals surface area contributed by atoms with Gasteiger partial charge >= 0.3 is 0 Å². The third-order valence-corrected chi connectivity index (χ3v) is 6.36. The zero-order valence-corrected chi connectivity index (χ0v) is 19.3. The van der Waals surface area contributed by atoms with Crippen LogP contribution in [0.4, 0.5) is 0 Å². The predicted molar refractivity (Wildman–Crippen MR) is 120 cm³/mol. The summed E-state index contributed by atoms with van der Waals surface area (Å²) < 4.78 is 11.6. The first kappa shape index (κ1) is 22.7. The number of nitrogens with zero attached hydrogens (tertiary/aromatic N) is 1. The summed E-state index contributed by atoms with van der Waals surface area (Å²) in [6.07, 6.45) is 5.85. The molecule has 30 heavy (non-hydrogen) atoms. The molecule has 0 spiro atoms. The van der Waals surface area contributed by atoms with Gasteiger partial charge in [0, 0.05) is 6.04 Å². The molecule has 2 aliphatic rings. The zero-order chi connectivity index (χ0) is 21.9. The number of carbonyl (C=O) groups excluding carboxylic acids is 1. The monoisotopic (exact) mass is 414 g/mol. The van der Waals surface area contributed by atoms with Crippen molar-refractivity contribution in [2.75, 3.05) is 13.2 Å². The molecule has 1 saturated heterocycles. The van der Waals surface area contributed by atoms with E-state index in [0.29, 0.717) is 19.0 Å². The number of benzene rings is 1. The molecule has 2 fully saturated rings. The van der Waals surface area contributed by atoms with Crippen molar-refractivity contribution < 1.29 is 14.3 Å². The van der Waals surface area contributed by atoms with Crippen molar-refractivity contribution in [3.05, 3.63) is 41.7 Å². The largest absolute Gasteiger partial charge is 0.491 e. The van der Waals surface area contributed by atoms with Gasteiger partial charge in [0.15, 0.2) is 0 Å². The Labute approximate surface area is 181 Å². The van der Waals surface area contributed by atoms with Gasteiger partial charge in [-0.1, -0.05) is 31.9 Å². The zero-order valence-electron chi connectivity index (χ0n) is 19.3. The summed E-state index contributed by atoms with van der Waals surface area (Å²) >= 11 is 0. The number of aryl methyl sites for hydroxylation is 1. The van der Waals surface area contributed by atoms with Crippen molar-refractivity contribution >= 4 is 5.91 Å². The van der Waals surface area contributed by atoms with E-state index in [1.54, 1.807) is 0 Å². The van der Waals surface area contributed by atoms with Gasteiger partial charge in [-0.2, -0.15) is 0 Å². The highest BCUT2D eigenvalue weighted by Crippen LogP contribution is 2.47. The fourth-order valence-electron chi connectivity index (χ4n) is 4.97. The number of hydrogen-bond acceptors (Lipinski definition) is 4. The Balaban J connectivity index is 1.97. The molecule has 5 heteroatoms. The Morgan fingerprint density at radius 3 is 2.47 bits per heavy atom. The quantitative estimate of drug-likeness (QED) is 0.616. The maximum absolute atomic E-state index is 13.9. The second kappa shape index (κ2) is 9.42. The lowest BCUT2D eigenvalue weighted by Crippen LogP contribution is -2.51. The lowest BCUT2D eigenvalue weighted by atomic mass is 9.69. The van der Waals surface area contributed by atoms with Gasteiger partial charge in [0.1, 0.15) is 23.7 Å². The molecule has 1 aliphatic heterocycles. The van der Waals surface area contributed by atoms with Crippen LogP contribution in [0.2, 0.25) is 0 Å². The Hall–Kier alpha value is -2.01. The molecule has 1 atom stereocenters. The minimum absolute atomic E-state index is 0.0656. The van der Waals surface area contributed by atoms with Crippen molar-refractivity contribution in [2.24, 2.45) is 5.92 Å². The van der Waals surface area contributed by atoms with E-state index in [4.69, 9.17) is 9.47 Å². The van der Waals surface area contributed by atoms with Crippen LogP contribution in [-0.2, 0) is 15.1 Å². The number of ether oxygens (including phenoxy) is 2. The summed E-state index contributed by atoms with van der Waals surface area (Å²) in [4.78, 5) is 15.8. The van der Waals surface area contributed by atoms with E-state index >= 15 is 0 Å². The van der Waals surface area contributed by atoms with Crippen LogP contribution in [0, 0.1) is 12.8 Å². The van der Waals surface area contributed by atoms with E-state index < -0.39 is 5.54 Å². The molecule has 1 unspecified atom stereocenters. The average molecular weight is 415 g/mol. The van der Waals surface area contributed by atoms with Crippen molar-refractivity contribution in [1.82, 2.24) is 10.2 Å². The van der Waals surface area contributed by atoms with E-state index in [2.05, 4.69) is 31.0 Å². The van der Waals surface area contributed by atoms with Crippen molar-refractivity contribution in [3.63, 3.8) is 0 Å². The topological polar surface area (TPSA) is 50.8 Å². The van der Waals surface area contributed by atoms with Crippen LogP contribution in [0.15, 0.2) is 30.6 Å². The number of rotatable bonds is 8. The minimum atomic E-state index is -0.764. The molecule has 0 radical (unpaired) electrons. The van der Waals surface area contributed by atoms with Crippen molar-refractivity contribution in [2.45, 2.75) is 84.4 Å². The molecule has 0 aromatic heterocycles. The Morgan fingerprint density at radius 1 is 1.17 bits per heavy atom. The maximum atomic E-state index is 13.9. The summed E-state index contributed by atoms with van der Waals surface area (Å²) in [6.45, 7) is 15.4. The summed E-state index contributed by atoms with van der Waals surface area (Å²) in [5.41, 5.74) is 1.36. The molecule has 1 amide bonds. The summed E-state index contributed by atoms with van der Waals surface area (Å²) in [6, 6.07) is 6.17. The van der Waals surface area contributed by atoms with Gasteiger partial charge in [-0.15, -0.1) is 0 Å².